The third-order valence-electron chi connectivity index (χ3n) is 3.00. The van der Waals surface area contributed by atoms with Gasteiger partial charge in [0, 0.05) is 17.7 Å². The zero-order chi connectivity index (χ0) is 14.0. The molecule has 1 aliphatic carbocycles. The van der Waals surface area contributed by atoms with Crippen LogP contribution >= 0.6 is 0 Å². The van der Waals surface area contributed by atoms with Crippen LogP contribution in [0.3, 0.4) is 0 Å². The molecule has 2 rings (SSSR count). The van der Waals surface area contributed by atoms with Gasteiger partial charge in [-0.3, -0.25) is 14.9 Å². The molecule has 0 bridgehead atoms. The quantitative estimate of drug-likeness (QED) is 0.295. The van der Waals surface area contributed by atoms with Crippen molar-refractivity contribution in [3.8, 4) is 0 Å². The van der Waals surface area contributed by atoms with E-state index >= 15 is 0 Å². The molecule has 19 heavy (non-hydrogen) atoms. The Kier molecular flexibility index (Phi) is 3.31. The number of ketones is 1. The van der Waals surface area contributed by atoms with Gasteiger partial charge in [0.25, 0.3) is 0 Å². The maximum atomic E-state index is 12.2. The maximum Gasteiger partial charge on any atom is 0.361 e. The normalized spacial score (nSPS) is 25.3. The Morgan fingerprint density at radius 1 is 1.37 bits per heavy atom. The van der Waals surface area contributed by atoms with Gasteiger partial charge in [-0.2, -0.15) is 0 Å². The summed E-state index contributed by atoms with van der Waals surface area (Å²) in [6.45, 7) is 1.88. The average molecular weight is 259 g/mol. The Morgan fingerprint density at radius 2 is 2.00 bits per heavy atom. The number of aryl methyl sites for hydroxylation is 1. The number of carbonyl (C=O) groups excluding carboxylic acids is 1. The first-order valence-corrected chi connectivity index (χ1v) is 5.79. The van der Waals surface area contributed by atoms with Crippen molar-refractivity contribution in [1.29, 1.82) is 0 Å². The number of aliphatic hydroxyl groups is 1. The molecule has 0 unspecified atom stereocenters. The van der Waals surface area contributed by atoms with E-state index < -0.39 is 16.6 Å². The first-order chi connectivity index (χ1) is 8.92. The smallest absolute Gasteiger partial charge is 0.324 e. The fourth-order valence-corrected chi connectivity index (χ4v) is 1.90. The van der Waals surface area contributed by atoms with Crippen molar-refractivity contribution in [1.82, 2.24) is 0 Å². The molecule has 1 aromatic rings. The van der Waals surface area contributed by atoms with E-state index in [0.29, 0.717) is 5.56 Å². The van der Waals surface area contributed by atoms with Gasteiger partial charge in [-0.05, 0) is 13.0 Å². The molecule has 0 saturated carbocycles. The van der Waals surface area contributed by atoms with E-state index in [2.05, 4.69) is 0 Å². The van der Waals surface area contributed by atoms with E-state index in [1.807, 2.05) is 13.0 Å². The molecule has 1 N–H and O–H groups in total. The SMILES string of the molecule is Cc1cccc(C(=O)C2C=CC(O)([N+](=O)[O-])C=C2)c1. The highest BCUT2D eigenvalue weighted by Crippen LogP contribution is 2.22. The lowest BCUT2D eigenvalue weighted by Gasteiger charge is -2.17. The van der Waals surface area contributed by atoms with Crippen LogP contribution in [0.15, 0.2) is 48.6 Å². The van der Waals surface area contributed by atoms with Gasteiger partial charge in [0.1, 0.15) is 0 Å². The second-order valence-corrected chi connectivity index (χ2v) is 4.52. The Morgan fingerprint density at radius 3 is 2.53 bits per heavy atom. The summed E-state index contributed by atoms with van der Waals surface area (Å²) in [5, 5.41) is 20.2. The molecular formula is C14H13NO4. The number of nitro groups is 1. The molecule has 0 atom stereocenters. The first-order valence-electron chi connectivity index (χ1n) is 5.79. The number of carbonyl (C=O) groups is 1. The zero-order valence-electron chi connectivity index (χ0n) is 10.3. The Hall–Kier alpha value is -2.27. The van der Waals surface area contributed by atoms with Crippen LogP contribution in [0.1, 0.15) is 15.9 Å². The van der Waals surface area contributed by atoms with Crippen LogP contribution in [0, 0.1) is 23.0 Å². The first kappa shape index (κ1) is 13.2. The zero-order valence-corrected chi connectivity index (χ0v) is 10.3. The topological polar surface area (TPSA) is 80.4 Å². The van der Waals surface area contributed by atoms with Crippen LogP contribution in [0.5, 0.6) is 0 Å². The summed E-state index contributed by atoms with van der Waals surface area (Å²) in [4.78, 5) is 22.0. The molecule has 0 saturated heterocycles. The molecule has 0 aromatic heterocycles. The Labute approximate surface area is 110 Å². The number of benzene rings is 1. The van der Waals surface area contributed by atoms with E-state index in [-0.39, 0.29) is 5.78 Å². The predicted molar refractivity (Wildman–Crippen MR) is 69.2 cm³/mol. The Balaban J connectivity index is 2.21. The van der Waals surface area contributed by atoms with Crippen LogP contribution in [-0.4, -0.2) is 21.5 Å². The molecule has 0 fully saturated rings. The molecule has 5 nitrogen and oxygen atoms in total. The lowest BCUT2D eigenvalue weighted by molar-refractivity contribution is -0.591. The van der Waals surface area contributed by atoms with Gasteiger partial charge in [-0.1, -0.05) is 35.9 Å². The largest absolute Gasteiger partial charge is 0.361 e. The maximum absolute atomic E-state index is 12.2. The minimum Gasteiger partial charge on any atom is -0.324 e. The van der Waals surface area contributed by atoms with Gasteiger partial charge in [0.15, 0.2) is 5.78 Å². The number of rotatable bonds is 3. The fraction of sp³-hybridized carbons (Fsp3) is 0.214. The molecule has 1 aliphatic rings. The lowest BCUT2D eigenvalue weighted by Crippen LogP contribution is -2.35. The van der Waals surface area contributed by atoms with E-state index in [4.69, 9.17) is 0 Å². The fourth-order valence-electron chi connectivity index (χ4n) is 1.90. The molecule has 0 amide bonds. The second kappa shape index (κ2) is 4.78. The summed E-state index contributed by atoms with van der Waals surface area (Å²) in [7, 11) is 0. The number of hydrogen-bond donors (Lipinski definition) is 1. The van der Waals surface area contributed by atoms with E-state index in [0.717, 1.165) is 17.7 Å². The average Bonchev–Trinajstić information content (AvgIpc) is 2.38. The summed E-state index contributed by atoms with van der Waals surface area (Å²) in [6, 6.07) is 7.13. The van der Waals surface area contributed by atoms with Crippen molar-refractivity contribution in [2.45, 2.75) is 12.6 Å². The minimum absolute atomic E-state index is 0.151. The molecule has 98 valence electrons. The summed E-state index contributed by atoms with van der Waals surface area (Å²) in [5.74, 6) is -0.733. The second-order valence-electron chi connectivity index (χ2n) is 4.52. The minimum atomic E-state index is -2.20. The van der Waals surface area contributed by atoms with E-state index in [1.54, 1.807) is 18.2 Å². The van der Waals surface area contributed by atoms with Gasteiger partial charge < -0.3 is 5.11 Å². The van der Waals surface area contributed by atoms with Crippen molar-refractivity contribution in [3.05, 3.63) is 69.8 Å². The third kappa shape index (κ3) is 2.61. The molecule has 1 aromatic carbocycles. The van der Waals surface area contributed by atoms with Crippen LogP contribution in [-0.2, 0) is 0 Å². The lowest BCUT2D eigenvalue weighted by atomic mass is 9.91. The third-order valence-corrected chi connectivity index (χ3v) is 3.00. The van der Waals surface area contributed by atoms with Crippen LogP contribution in [0.2, 0.25) is 0 Å². The summed E-state index contributed by atoms with van der Waals surface area (Å²) in [5.41, 5.74) is -0.689. The van der Waals surface area contributed by atoms with Crippen molar-refractivity contribution >= 4 is 5.78 Å². The molecule has 5 heteroatoms. The van der Waals surface area contributed by atoms with Crippen molar-refractivity contribution in [2.75, 3.05) is 0 Å². The van der Waals surface area contributed by atoms with Crippen LogP contribution in [0.4, 0.5) is 0 Å². The number of nitrogens with zero attached hydrogens (tertiary/aromatic N) is 1. The highest BCUT2D eigenvalue weighted by Gasteiger charge is 2.37. The number of hydrogen-bond acceptors (Lipinski definition) is 4. The highest BCUT2D eigenvalue weighted by atomic mass is 16.7. The van der Waals surface area contributed by atoms with E-state index in [1.165, 1.54) is 12.2 Å². The Bertz CT molecular complexity index is 575. The number of Topliss-reactive ketones (excluding diaryl/α,β-unsaturated/α-hetero) is 1. The van der Waals surface area contributed by atoms with Crippen LogP contribution in [0.25, 0.3) is 0 Å². The van der Waals surface area contributed by atoms with Crippen LogP contribution < -0.4 is 0 Å². The van der Waals surface area contributed by atoms with Gasteiger partial charge in [0.05, 0.1) is 10.8 Å². The van der Waals surface area contributed by atoms with E-state index in [9.17, 15) is 20.0 Å². The van der Waals surface area contributed by atoms with Crippen molar-refractivity contribution in [3.63, 3.8) is 0 Å². The van der Waals surface area contributed by atoms with Crippen molar-refractivity contribution < 1.29 is 14.8 Å². The molecular weight excluding hydrogens is 246 g/mol. The van der Waals surface area contributed by atoms with Gasteiger partial charge in [0.2, 0.25) is 0 Å². The monoisotopic (exact) mass is 259 g/mol. The molecule has 0 spiro atoms. The highest BCUT2D eigenvalue weighted by molar-refractivity contribution is 6.00. The molecule has 0 radical (unpaired) electrons. The van der Waals surface area contributed by atoms with Gasteiger partial charge in [-0.15, -0.1) is 0 Å². The molecule has 0 heterocycles. The summed E-state index contributed by atoms with van der Waals surface area (Å²) in [6.07, 6.45) is 4.78. The van der Waals surface area contributed by atoms with Gasteiger partial charge in [-0.25, -0.2) is 0 Å². The number of allylic oxidation sites excluding steroid dienone is 2. The predicted octanol–water partition coefficient (Wildman–Crippen LogP) is 1.89. The summed E-state index contributed by atoms with van der Waals surface area (Å²) < 4.78 is 0. The summed E-state index contributed by atoms with van der Waals surface area (Å²) >= 11 is 0. The molecule has 0 aliphatic heterocycles. The van der Waals surface area contributed by atoms with Gasteiger partial charge >= 0.3 is 5.72 Å². The van der Waals surface area contributed by atoms with Crippen molar-refractivity contribution in [2.24, 2.45) is 5.92 Å². The standard InChI is InChI=1S/C14H13NO4/c1-10-3-2-4-12(9-10)13(16)11-5-7-14(17,8-6-11)15(18)19/h2-9,11,17H,1H3.